The van der Waals surface area contributed by atoms with Gasteiger partial charge in [-0.1, -0.05) is 30.3 Å². The molecule has 0 saturated heterocycles. The van der Waals surface area contributed by atoms with Gasteiger partial charge in [-0.2, -0.15) is 13.2 Å². The van der Waals surface area contributed by atoms with Gasteiger partial charge in [-0.25, -0.2) is 0 Å². The van der Waals surface area contributed by atoms with Gasteiger partial charge < -0.3 is 19.5 Å². The van der Waals surface area contributed by atoms with Crippen LogP contribution in [-0.2, 0) is 11.0 Å². The van der Waals surface area contributed by atoms with Crippen LogP contribution in [0.15, 0.2) is 54.6 Å². The van der Waals surface area contributed by atoms with Crippen LogP contribution in [0.3, 0.4) is 0 Å². The summed E-state index contributed by atoms with van der Waals surface area (Å²) in [5.74, 6) is -0.859. The van der Waals surface area contributed by atoms with Crippen molar-refractivity contribution in [2.75, 3.05) is 20.1 Å². The monoisotopic (exact) mass is 373 g/mol. The summed E-state index contributed by atoms with van der Waals surface area (Å²) in [4.78, 5) is 12.2. The van der Waals surface area contributed by atoms with Gasteiger partial charge in [0.2, 0.25) is 0 Å². The molecule has 0 amide bonds. The molecule has 0 N–H and O–H groups in total. The molecule has 0 saturated carbocycles. The van der Waals surface area contributed by atoms with Crippen molar-refractivity contribution in [2.24, 2.45) is 0 Å². The molecule has 0 heterocycles. The number of hydrogen-bond donors (Lipinski definition) is 0. The molecule has 4 nitrogen and oxygen atoms in total. The molecule has 2 aromatic rings. The second-order valence-electron chi connectivity index (χ2n) is 5.94. The Balaban J connectivity index is 0.00000364. The molecule has 0 aliphatic carbocycles. The maximum atomic E-state index is 12.7. The Labute approximate surface area is 168 Å². The molecule has 0 spiro atoms. The third kappa shape index (κ3) is 7.67. The summed E-state index contributed by atoms with van der Waals surface area (Å²) in [7, 11) is 1.65. The quantitative estimate of drug-likeness (QED) is 0.607. The Hall–Kier alpha value is -1.94. The minimum absolute atomic E-state index is 0. The Morgan fingerprint density at radius 3 is 2.22 bits per heavy atom. The summed E-state index contributed by atoms with van der Waals surface area (Å²) in [5.41, 5.74) is 0.115. The number of nitrogens with zero attached hydrogens (tertiary/aromatic N) is 1. The first-order valence-corrected chi connectivity index (χ1v) is 8.03. The molecule has 0 bridgehead atoms. The molecule has 0 aliphatic heterocycles. The van der Waals surface area contributed by atoms with Crippen LogP contribution >= 0.6 is 0 Å². The smallest absolute Gasteiger partial charge is 0.549 e. The van der Waals surface area contributed by atoms with E-state index in [0.717, 1.165) is 17.7 Å². The van der Waals surface area contributed by atoms with Crippen molar-refractivity contribution in [1.29, 1.82) is 0 Å². The minimum Gasteiger partial charge on any atom is -0.549 e. The van der Waals surface area contributed by atoms with Gasteiger partial charge in [0, 0.05) is 19.5 Å². The third-order valence-electron chi connectivity index (χ3n) is 3.80. The Morgan fingerprint density at radius 1 is 1.11 bits per heavy atom. The molecule has 1 atom stereocenters. The van der Waals surface area contributed by atoms with E-state index in [1.165, 1.54) is 12.1 Å². The molecule has 0 unspecified atom stereocenters. The molecule has 2 aromatic carbocycles. The summed E-state index contributed by atoms with van der Waals surface area (Å²) in [6.07, 6.45) is -4.35. The summed E-state index contributed by atoms with van der Waals surface area (Å²) in [6.45, 7) is 0.218. The van der Waals surface area contributed by atoms with Crippen LogP contribution in [0.4, 0.5) is 13.2 Å². The van der Waals surface area contributed by atoms with Crippen molar-refractivity contribution in [3.8, 4) is 5.75 Å². The van der Waals surface area contributed by atoms with Crippen molar-refractivity contribution >= 4 is 5.97 Å². The summed E-state index contributed by atoms with van der Waals surface area (Å²) in [6, 6.07) is 13.7. The van der Waals surface area contributed by atoms with E-state index >= 15 is 0 Å². The van der Waals surface area contributed by atoms with Crippen LogP contribution < -0.4 is 28.7 Å². The van der Waals surface area contributed by atoms with Gasteiger partial charge in [-0.05, 0) is 36.9 Å². The number of hydrogen-bond acceptors (Lipinski definition) is 4. The molecular formula is C19H19F3LiNO3. The van der Waals surface area contributed by atoms with Gasteiger partial charge >= 0.3 is 25.0 Å². The first-order valence-electron chi connectivity index (χ1n) is 8.03. The molecule has 27 heavy (non-hydrogen) atoms. The van der Waals surface area contributed by atoms with Gasteiger partial charge in [0.15, 0.2) is 0 Å². The minimum atomic E-state index is -4.40. The van der Waals surface area contributed by atoms with Gasteiger partial charge in [0.1, 0.15) is 11.9 Å². The third-order valence-corrected chi connectivity index (χ3v) is 3.80. The van der Waals surface area contributed by atoms with E-state index in [4.69, 9.17) is 4.74 Å². The Bertz CT molecular complexity index is 708. The van der Waals surface area contributed by atoms with Crippen LogP contribution in [-0.4, -0.2) is 31.0 Å². The van der Waals surface area contributed by atoms with E-state index in [0.29, 0.717) is 18.7 Å². The number of rotatable bonds is 8. The zero-order valence-electron chi connectivity index (χ0n) is 15.2. The standard InChI is InChI=1S/C19H20F3NO3.Li/c1-23(13-18(24)25)12-11-17(14-5-3-2-4-6-14)26-16-9-7-15(8-10-16)19(20,21)22;/h2-10,17H,11-13H2,1H3,(H,24,25);/q;+1/p-1/t17-;/m1./s1. The number of likely N-dealkylation sites (N-methyl/N-ethyl adjacent to an activating group) is 1. The van der Waals surface area contributed by atoms with Crippen LogP contribution in [0.25, 0.3) is 0 Å². The topological polar surface area (TPSA) is 52.6 Å². The summed E-state index contributed by atoms with van der Waals surface area (Å²) < 4.78 is 43.9. The number of halogens is 3. The van der Waals surface area contributed by atoms with E-state index < -0.39 is 23.8 Å². The number of carbonyl (C=O) groups excluding carboxylic acids is 1. The molecule has 0 radical (unpaired) electrons. The van der Waals surface area contributed by atoms with Gasteiger partial charge in [-0.3, -0.25) is 0 Å². The molecule has 0 fully saturated rings. The van der Waals surface area contributed by atoms with Crippen molar-refractivity contribution in [2.45, 2.75) is 18.7 Å². The van der Waals surface area contributed by atoms with Gasteiger partial charge in [-0.15, -0.1) is 0 Å². The normalized spacial score (nSPS) is 12.3. The van der Waals surface area contributed by atoms with E-state index in [1.54, 1.807) is 11.9 Å². The van der Waals surface area contributed by atoms with E-state index in [9.17, 15) is 23.1 Å². The summed E-state index contributed by atoms with van der Waals surface area (Å²) >= 11 is 0. The van der Waals surface area contributed by atoms with Crippen molar-refractivity contribution in [3.05, 3.63) is 65.7 Å². The maximum absolute atomic E-state index is 12.7. The molecule has 0 aliphatic rings. The van der Waals surface area contributed by atoms with Crippen molar-refractivity contribution in [3.63, 3.8) is 0 Å². The van der Waals surface area contributed by atoms with Crippen LogP contribution in [0.1, 0.15) is 23.7 Å². The summed E-state index contributed by atoms with van der Waals surface area (Å²) in [5, 5.41) is 10.7. The molecule has 0 aromatic heterocycles. The largest absolute Gasteiger partial charge is 1.00 e. The number of carbonyl (C=O) groups is 1. The predicted molar refractivity (Wildman–Crippen MR) is 88.4 cm³/mol. The Morgan fingerprint density at radius 2 is 1.70 bits per heavy atom. The van der Waals surface area contributed by atoms with E-state index in [2.05, 4.69) is 0 Å². The zero-order valence-corrected chi connectivity index (χ0v) is 15.2. The fourth-order valence-corrected chi connectivity index (χ4v) is 2.49. The second kappa shape index (κ2) is 10.4. The van der Waals surface area contributed by atoms with Crippen molar-refractivity contribution < 1.29 is 46.7 Å². The SMILES string of the molecule is CN(CC[C@@H](Oc1ccc(C(F)(F)F)cc1)c1ccccc1)CC(=O)[O-].[Li+]. The van der Waals surface area contributed by atoms with E-state index in [-0.39, 0.29) is 25.4 Å². The Kier molecular flexibility index (Phi) is 8.90. The number of carboxylic acids is 1. The molecular weight excluding hydrogens is 354 g/mol. The van der Waals surface area contributed by atoms with Crippen molar-refractivity contribution in [1.82, 2.24) is 4.90 Å². The van der Waals surface area contributed by atoms with E-state index in [1.807, 2.05) is 30.3 Å². The number of aliphatic carboxylic acids is 1. The van der Waals surface area contributed by atoms with Gasteiger partial charge in [0.25, 0.3) is 0 Å². The zero-order chi connectivity index (χ0) is 19.2. The number of alkyl halides is 3. The van der Waals surface area contributed by atoms with Crippen LogP contribution in [0, 0.1) is 0 Å². The number of benzene rings is 2. The van der Waals surface area contributed by atoms with Gasteiger partial charge in [0.05, 0.1) is 11.5 Å². The fourth-order valence-electron chi connectivity index (χ4n) is 2.49. The first kappa shape index (κ1) is 23.1. The molecule has 8 heteroatoms. The molecule has 140 valence electrons. The van der Waals surface area contributed by atoms with Crippen LogP contribution in [0.5, 0.6) is 5.75 Å². The first-order chi connectivity index (χ1) is 12.3. The number of ether oxygens (including phenoxy) is 1. The van der Waals surface area contributed by atoms with Crippen LogP contribution in [0.2, 0.25) is 0 Å². The average Bonchev–Trinajstić information content (AvgIpc) is 2.58. The molecule has 2 rings (SSSR count). The maximum Gasteiger partial charge on any atom is 1.00 e. The fraction of sp³-hybridized carbons (Fsp3) is 0.316. The predicted octanol–water partition coefficient (Wildman–Crippen LogP) is -0.0987. The average molecular weight is 373 g/mol. The second-order valence-corrected chi connectivity index (χ2v) is 5.94. The number of carboxylic acid groups (broad SMARTS) is 1.